The number of carbonyl (C=O) groups excluding carboxylic acids is 1. The second-order valence-corrected chi connectivity index (χ2v) is 9.03. The summed E-state index contributed by atoms with van der Waals surface area (Å²) in [5.41, 5.74) is 3.01. The van der Waals surface area contributed by atoms with Crippen LogP contribution in [0.5, 0.6) is 0 Å². The van der Waals surface area contributed by atoms with Gasteiger partial charge in [0.2, 0.25) is 11.8 Å². The van der Waals surface area contributed by atoms with Gasteiger partial charge in [-0.1, -0.05) is 58.4 Å². The minimum atomic E-state index is -0.511. The number of oxazole rings is 1. The molecule has 0 saturated carbocycles. The van der Waals surface area contributed by atoms with Gasteiger partial charge in [0.15, 0.2) is 0 Å². The number of carbonyl (C=O) groups is 1. The van der Waals surface area contributed by atoms with Gasteiger partial charge in [0, 0.05) is 41.2 Å². The number of halogens is 1. The van der Waals surface area contributed by atoms with Crippen molar-refractivity contribution in [2.45, 2.75) is 26.4 Å². The van der Waals surface area contributed by atoms with Crippen molar-refractivity contribution in [1.82, 2.24) is 4.98 Å². The first kappa shape index (κ1) is 28.1. The lowest BCUT2D eigenvalue weighted by Crippen LogP contribution is -2.21. The van der Waals surface area contributed by atoms with Crippen LogP contribution in [0.1, 0.15) is 23.4 Å². The van der Waals surface area contributed by atoms with Crippen molar-refractivity contribution < 1.29 is 24.2 Å². The predicted molar refractivity (Wildman–Crippen MR) is 148 cm³/mol. The van der Waals surface area contributed by atoms with E-state index in [0.29, 0.717) is 42.3 Å². The maximum Gasteiger partial charge on any atom is 0.235 e. The first-order chi connectivity index (χ1) is 18.0. The van der Waals surface area contributed by atoms with E-state index < -0.39 is 5.92 Å². The molecule has 0 fully saturated rings. The highest BCUT2D eigenvalue weighted by molar-refractivity contribution is 9.10. The quantitative estimate of drug-likeness (QED) is 0.321. The summed E-state index contributed by atoms with van der Waals surface area (Å²) in [7, 11) is 1.00. The number of nitrogens with one attached hydrogen (secondary N) is 1. The van der Waals surface area contributed by atoms with Crippen LogP contribution in [0.25, 0.3) is 11.5 Å². The molecule has 194 valence electrons. The summed E-state index contributed by atoms with van der Waals surface area (Å²) in [6.07, 6.45) is 10.6. The molecule has 2 aromatic carbocycles. The summed E-state index contributed by atoms with van der Waals surface area (Å²) in [6.45, 7) is 2.15. The topological polar surface area (TPSA) is 105 Å². The van der Waals surface area contributed by atoms with Crippen molar-refractivity contribution in [3.05, 3.63) is 106 Å². The Morgan fingerprint density at radius 1 is 1.19 bits per heavy atom. The molecule has 7 nitrogen and oxygen atoms in total. The summed E-state index contributed by atoms with van der Waals surface area (Å²) in [5.74, 6) is 1.38. The van der Waals surface area contributed by atoms with E-state index in [1.807, 2.05) is 73.7 Å². The largest absolute Gasteiger partial charge is 0.497 e. The van der Waals surface area contributed by atoms with E-state index in [1.54, 1.807) is 12.1 Å². The molecule has 1 atom stereocenters. The molecule has 8 heteroatoms. The highest BCUT2D eigenvalue weighted by Crippen LogP contribution is 2.24. The highest BCUT2D eigenvalue weighted by Gasteiger charge is 2.18. The number of anilines is 1. The molecule has 1 heterocycles. The van der Waals surface area contributed by atoms with Gasteiger partial charge in [0.25, 0.3) is 0 Å². The maximum absolute atomic E-state index is 13.0. The lowest BCUT2D eigenvalue weighted by atomic mass is 10.0. The van der Waals surface area contributed by atoms with Gasteiger partial charge in [-0.2, -0.15) is 0 Å². The van der Waals surface area contributed by atoms with Crippen LogP contribution in [0, 0.1) is 12.8 Å². The molecule has 1 aliphatic carbocycles. The van der Waals surface area contributed by atoms with Crippen molar-refractivity contribution in [2.24, 2.45) is 5.92 Å². The van der Waals surface area contributed by atoms with Crippen molar-refractivity contribution in [3.63, 3.8) is 0 Å². The van der Waals surface area contributed by atoms with Gasteiger partial charge in [0.05, 0.1) is 30.6 Å². The van der Waals surface area contributed by atoms with Gasteiger partial charge in [0.1, 0.15) is 5.76 Å². The molecular weight excluding hydrogens is 536 g/mol. The number of hydrogen-bond acceptors (Lipinski definition) is 6. The van der Waals surface area contributed by atoms with Crippen LogP contribution in [0.2, 0.25) is 0 Å². The maximum atomic E-state index is 13.0. The SMILES string of the molecule is CO.Cc1oc(-c2ccccc2)nc1CCO/C1=C/C(C(=O)Nc2ccc(Br)cc2CO)C=C/C=C\C1. The van der Waals surface area contributed by atoms with E-state index in [1.165, 1.54) is 0 Å². The lowest BCUT2D eigenvalue weighted by molar-refractivity contribution is -0.117. The number of aliphatic hydroxyl groups is 2. The summed E-state index contributed by atoms with van der Waals surface area (Å²) in [5, 5.41) is 19.5. The number of aliphatic hydroxyl groups excluding tert-OH is 2. The van der Waals surface area contributed by atoms with Crippen LogP contribution in [-0.2, 0) is 22.6 Å². The Balaban J connectivity index is 0.00000186. The second-order valence-electron chi connectivity index (χ2n) is 8.11. The molecule has 1 amide bonds. The third kappa shape index (κ3) is 8.01. The minimum Gasteiger partial charge on any atom is -0.497 e. The van der Waals surface area contributed by atoms with Crippen LogP contribution in [0.3, 0.4) is 0 Å². The van der Waals surface area contributed by atoms with Crippen LogP contribution < -0.4 is 5.32 Å². The third-order valence-corrected chi connectivity index (χ3v) is 6.08. The smallest absolute Gasteiger partial charge is 0.235 e. The van der Waals surface area contributed by atoms with Gasteiger partial charge < -0.3 is 24.7 Å². The zero-order valence-electron chi connectivity index (χ0n) is 20.9. The fourth-order valence-electron chi connectivity index (χ4n) is 3.71. The Morgan fingerprint density at radius 2 is 1.97 bits per heavy atom. The van der Waals surface area contributed by atoms with Gasteiger partial charge in [-0.05, 0) is 43.3 Å². The number of allylic oxidation sites excluding steroid dienone is 3. The zero-order chi connectivity index (χ0) is 26.6. The van der Waals surface area contributed by atoms with E-state index in [9.17, 15) is 9.90 Å². The fraction of sp³-hybridized carbons (Fsp3) is 0.241. The summed E-state index contributed by atoms with van der Waals surface area (Å²) in [4.78, 5) is 17.6. The predicted octanol–water partition coefficient (Wildman–Crippen LogP) is 5.73. The van der Waals surface area contributed by atoms with Gasteiger partial charge in [-0.15, -0.1) is 0 Å². The Morgan fingerprint density at radius 3 is 2.73 bits per heavy atom. The molecule has 1 aliphatic rings. The molecule has 3 N–H and O–H groups in total. The first-order valence-corrected chi connectivity index (χ1v) is 12.7. The molecule has 0 radical (unpaired) electrons. The van der Waals surface area contributed by atoms with Crippen LogP contribution in [0.4, 0.5) is 5.69 Å². The Hall–Kier alpha value is -3.46. The van der Waals surface area contributed by atoms with Gasteiger partial charge in [-0.3, -0.25) is 4.79 Å². The number of aromatic nitrogens is 1. The Kier molecular flexibility index (Phi) is 10.9. The molecule has 1 aromatic heterocycles. The average Bonchev–Trinajstić information content (AvgIpc) is 3.28. The molecule has 4 rings (SSSR count). The Labute approximate surface area is 225 Å². The number of amides is 1. The average molecular weight is 567 g/mol. The van der Waals surface area contributed by atoms with Crippen molar-refractivity contribution >= 4 is 27.5 Å². The van der Waals surface area contributed by atoms with E-state index in [0.717, 1.165) is 28.6 Å². The molecule has 37 heavy (non-hydrogen) atoms. The van der Waals surface area contributed by atoms with Gasteiger partial charge >= 0.3 is 0 Å². The molecule has 0 aliphatic heterocycles. The summed E-state index contributed by atoms with van der Waals surface area (Å²) < 4.78 is 12.7. The van der Waals surface area contributed by atoms with Gasteiger partial charge in [-0.25, -0.2) is 4.98 Å². The monoisotopic (exact) mass is 566 g/mol. The second kappa shape index (κ2) is 14.3. The molecular formula is C29H31BrN2O5. The van der Waals surface area contributed by atoms with Crippen molar-refractivity contribution in [1.29, 1.82) is 0 Å². The van der Waals surface area contributed by atoms with Crippen LogP contribution in [-0.4, -0.2) is 34.8 Å². The number of aryl methyl sites for hydroxylation is 1. The van der Waals surface area contributed by atoms with E-state index in [4.69, 9.17) is 14.3 Å². The standard InChI is InChI=1S/C28H27BrN2O4.CH4O/c1-19-25(31-28(35-19)20-8-4-2-5-9-20)14-15-34-24-11-7-3-6-10-21(17-24)27(33)30-26-13-12-23(29)16-22(26)18-32;1-2/h2-10,12-13,16-17,21,32H,11,14-15,18H2,1H3,(H,30,33);2H,1H3/b7-3-,10-6?,24-17+;. The molecule has 0 spiro atoms. The molecule has 3 aromatic rings. The number of rotatable bonds is 8. The number of ether oxygens (including phenoxy) is 1. The fourth-order valence-corrected chi connectivity index (χ4v) is 4.12. The normalized spacial score (nSPS) is 16.9. The molecule has 0 saturated heterocycles. The van der Waals surface area contributed by atoms with Crippen molar-refractivity contribution in [3.8, 4) is 11.5 Å². The minimum absolute atomic E-state index is 0.171. The van der Waals surface area contributed by atoms with E-state index in [-0.39, 0.29) is 12.5 Å². The number of benzene rings is 2. The zero-order valence-corrected chi connectivity index (χ0v) is 22.4. The van der Waals surface area contributed by atoms with E-state index in [2.05, 4.69) is 26.2 Å². The van der Waals surface area contributed by atoms with E-state index >= 15 is 0 Å². The first-order valence-electron chi connectivity index (χ1n) is 11.9. The Bertz CT molecular complexity index is 1260. The van der Waals surface area contributed by atoms with Crippen molar-refractivity contribution in [2.75, 3.05) is 19.0 Å². The summed E-state index contributed by atoms with van der Waals surface area (Å²) >= 11 is 3.39. The molecule has 0 bridgehead atoms. The summed E-state index contributed by atoms with van der Waals surface area (Å²) in [6, 6.07) is 15.2. The third-order valence-electron chi connectivity index (χ3n) is 5.59. The van der Waals surface area contributed by atoms with Crippen LogP contribution in [0.15, 0.2) is 93.6 Å². The van der Waals surface area contributed by atoms with Crippen LogP contribution >= 0.6 is 15.9 Å². The number of hydrogen-bond donors (Lipinski definition) is 3. The highest BCUT2D eigenvalue weighted by atomic mass is 79.9. The molecule has 1 unspecified atom stereocenters. The lowest BCUT2D eigenvalue weighted by Gasteiger charge is -2.16. The number of nitrogens with zero attached hydrogens (tertiary/aromatic N) is 1.